The van der Waals surface area contributed by atoms with Crippen LogP contribution in [-0.4, -0.2) is 5.11 Å². The van der Waals surface area contributed by atoms with Gasteiger partial charge in [-0.1, -0.05) is 11.6 Å². The fourth-order valence-electron chi connectivity index (χ4n) is 0.971. The van der Waals surface area contributed by atoms with E-state index in [1.54, 1.807) is 0 Å². The van der Waals surface area contributed by atoms with E-state index in [-0.39, 0.29) is 0 Å². The molecule has 0 unspecified atom stereocenters. The van der Waals surface area contributed by atoms with Crippen molar-refractivity contribution in [1.82, 2.24) is 0 Å². The van der Waals surface area contributed by atoms with E-state index >= 15 is 0 Å². The molecule has 1 nitrogen and oxygen atoms in total. The molecular weight excluding hydrogens is 168 g/mol. The van der Waals surface area contributed by atoms with Crippen molar-refractivity contribution >= 4 is 22.9 Å². The van der Waals surface area contributed by atoms with E-state index in [9.17, 15) is 5.11 Å². The van der Waals surface area contributed by atoms with Crippen LogP contribution in [-0.2, 0) is 5.60 Å². The predicted octanol–water partition coefficient (Wildman–Crippen LogP) is 2.38. The van der Waals surface area contributed by atoms with E-state index in [4.69, 9.17) is 11.6 Å². The van der Waals surface area contributed by atoms with Crippen LogP contribution in [0.4, 0.5) is 0 Å². The minimum Gasteiger partial charge on any atom is -0.384 e. The van der Waals surface area contributed by atoms with Gasteiger partial charge >= 0.3 is 0 Å². The van der Waals surface area contributed by atoms with Gasteiger partial charge in [0.1, 0.15) is 5.60 Å². The number of hydrogen-bond donors (Lipinski definition) is 1. The summed E-state index contributed by atoms with van der Waals surface area (Å²) in [4.78, 5) is 0.939. The SMILES string of the molecule is OC1(c2sccc2Cl)CC1. The molecule has 0 spiro atoms. The highest BCUT2D eigenvalue weighted by Crippen LogP contribution is 2.49. The minimum atomic E-state index is -0.550. The highest BCUT2D eigenvalue weighted by atomic mass is 35.5. The fraction of sp³-hybridized carbons (Fsp3) is 0.429. The lowest BCUT2D eigenvalue weighted by atomic mass is 10.3. The van der Waals surface area contributed by atoms with Crippen molar-refractivity contribution in [1.29, 1.82) is 0 Å². The summed E-state index contributed by atoms with van der Waals surface area (Å²) < 4.78 is 0. The van der Waals surface area contributed by atoms with Crippen LogP contribution in [0.3, 0.4) is 0 Å². The maximum Gasteiger partial charge on any atom is 0.100 e. The van der Waals surface area contributed by atoms with Crippen LogP contribution in [0.1, 0.15) is 17.7 Å². The largest absolute Gasteiger partial charge is 0.384 e. The molecule has 0 aromatic carbocycles. The van der Waals surface area contributed by atoms with Crippen LogP contribution in [0.2, 0.25) is 5.02 Å². The van der Waals surface area contributed by atoms with Crippen LogP contribution in [0.25, 0.3) is 0 Å². The lowest BCUT2D eigenvalue weighted by Crippen LogP contribution is -2.00. The van der Waals surface area contributed by atoms with Crippen molar-refractivity contribution in [3.8, 4) is 0 Å². The van der Waals surface area contributed by atoms with Gasteiger partial charge in [-0.3, -0.25) is 0 Å². The molecule has 0 radical (unpaired) electrons. The lowest BCUT2D eigenvalue weighted by molar-refractivity contribution is 0.155. The van der Waals surface area contributed by atoms with E-state index in [0.29, 0.717) is 5.02 Å². The van der Waals surface area contributed by atoms with Gasteiger partial charge in [-0.15, -0.1) is 11.3 Å². The van der Waals surface area contributed by atoms with Gasteiger partial charge in [-0.05, 0) is 24.3 Å². The summed E-state index contributed by atoms with van der Waals surface area (Å²) in [5, 5.41) is 12.2. The Balaban J connectivity index is 2.42. The summed E-state index contributed by atoms with van der Waals surface area (Å²) in [7, 11) is 0. The maximum absolute atomic E-state index is 9.60. The quantitative estimate of drug-likeness (QED) is 0.693. The van der Waals surface area contributed by atoms with Crippen LogP contribution in [0.5, 0.6) is 0 Å². The third kappa shape index (κ3) is 0.875. The Labute approximate surface area is 68.3 Å². The molecule has 1 aromatic rings. The molecule has 3 heteroatoms. The van der Waals surface area contributed by atoms with Gasteiger partial charge < -0.3 is 5.11 Å². The molecule has 1 heterocycles. The van der Waals surface area contributed by atoms with Crippen molar-refractivity contribution in [3.63, 3.8) is 0 Å². The van der Waals surface area contributed by atoms with E-state index in [1.165, 1.54) is 11.3 Å². The lowest BCUT2D eigenvalue weighted by Gasteiger charge is -2.02. The predicted molar refractivity (Wildman–Crippen MR) is 42.5 cm³/mol. The summed E-state index contributed by atoms with van der Waals surface area (Å²) in [6.45, 7) is 0. The third-order valence-electron chi connectivity index (χ3n) is 1.76. The second-order valence-electron chi connectivity index (χ2n) is 2.63. The molecule has 0 saturated heterocycles. The van der Waals surface area contributed by atoms with Gasteiger partial charge in [0.05, 0.1) is 9.90 Å². The van der Waals surface area contributed by atoms with Gasteiger partial charge in [0.15, 0.2) is 0 Å². The first-order valence-electron chi connectivity index (χ1n) is 3.18. The Morgan fingerprint density at radius 3 is 2.70 bits per heavy atom. The average molecular weight is 175 g/mol. The van der Waals surface area contributed by atoms with E-state index in [0.717, 1.165) is 17.7 Å². The molecule has 1 aliphatic carbocycles. The van der Waals surface area contributed by atoms with Crippen LogP contribution in [0, 0.1) is 0 Å². The highest BCUT2D eigenvalue weighted by Gasteiger charge is 2.44. The van der Waals surface area contributed by atoms with Gasteiger partial charge in [0.25, 0.3) is 0 Å². The summed E-state index contributed by atoms with van der Waals surface area (Å²) >= 11 is 7.35. The smallest absolute Gasteiger partial charge is 0.100 e. The van der Waals surface area contributed by atoms with Crippen molar-refractivity contribution in [3.05, 3.63) is 21.3 Å². The monoisotopic (exact) mass is 174 g/mol. The molecule has 0 aliphatic heterocycles. The van der Waals surface area contributed by atoms with Gasteiger partial charge in [-0.25, -0.2) is 0 Å². The van der Waals surface area contributed by atoms with Crippen molar-refractivity contribution in [2.24, 2.45) is 0 Å². The molecule has 0 amide bonds. The Kier molecular flexibility index (Phi) is 1.31. The van der Waals surface area contributed by atoms with E-state index in [1.807, 2.05) is 11.4 Å². The first-order chi connectivity index (χ1) is 4.72. The van der Waals surface area contributed by atoms with E-state index < -0.39 is 5.60 Å². The van der Waals surface area contributed by atoms with Gasteiger partial charge in [0, 0.05) is 0 Å². The molecule has 2 rings (SSSR count). The van der Waals surface area contributed by atoms with E-state index in [2.05, 4.69) is 0 Å². The number of rotatable bonds is 1. The number of aliphatic hydroxyl groups is 1. The molecule has 1 saturated carbocycles. The zero-order chi connectivity index (χ0) is 7.19. The zero-order valence-corrected chi connectivity index (χ0v) is 6.87. The summed E-state index contributed by atoms with van der Waals surface area (Å²) in [5.41, 5.74) is -0.550. The van der Waals surface area contributed by atoms with Crippen LogP contribution >= 0.6 is 22.9 Å². The normalized spacial score (nSPS) is 21.0. The topological polar surface area (TPSA) is 20.2 Å². The number of thiophene rings is 1. The standard InChI is InChI=1S/C7H7ClOS/c8-5-1-4-10-6(5)7(9)2-3-7/h1,4,9H,2-3H2. The minimum absolute atomic E-state index is 0.550. The van der Waals surface area contributed by atoms with Gasteiger partial charge in [-0.2, -0.15) is 0 Å². The maximum atomic E-state index is 9.60. The Morgan fingerprint density at radius 2 is 2.30 bits per heavy atom. The molecule has 0 atom stereocenters. The third-order valence-corrected chi connectivity index (χ3v) is 3.30. The Bertz CT molecular complexity index is 252. The summed E-state index contributed by atoms with van der Waals surface area (Å²) in [6.07, 6.45) is 1.74. The van der Waals surface area contributed by atoms with Crippen LogP contribution in [0.15, 0.2) is 11.4 Å². The van der Waals surface area contributed by atoms with Crippen molar-refractivity contribution < 1.29 is 5.11 Å². The molecule has 1 N–H and O–H groups in total. The van der Waals surface area contributed by atoms with Gasteiger partial charge in [0.2, 0.25) is 0 Å². The Hall–Kier alpha value is -0.0500. The molecule has 1 fully saturated rings. The average Bonchev–Trinajstić information content (AvgIpc) is 2.44. The first kappa shape index (κ1) is 6.65. The molecule has 1 aromatic heterocycles. The second-order valence-corrected chi connectivity index (χ2v) is 3.95. The van der Waals surface area contributed by atoms with Crippen molar-refractivity contribution in [2.45, 2.75) is 18.4 Å². The molecule has 0 bridgehead atoms. The molecule has 54 valence electrons. The summed E-state index contributed by atoms with van der Waals surface area (Å²) in [5.74, 6) is 0. The summed E-state index contributed by atoms with van der Waals surface area (Å²) in [6, 6.07) is 1.83. The first-order valence-corrected chi connectivity index (χ1v) is 4.44. The fourth-order valence-corrected chi connectivity index (χ4v) is 2.36. The highest BCUT2D eigenvalue weighted by molar-refractivity contribution is 7.10. The van der Waals surface area contributed by atoms with Crippen molar-refractivity contribution in [2.75, 3.05) is 0 Å². The zero-order valence-electron chi connectivity index (χ0n) is 5.30. The second kappa shape index (κ2) is 1.97. The van der Waals surface area contributed by atoms with Crippen LogP contribution < -0.4 is 0 Å². The molecule has 1 aliphatic rings. The molecular formula is C7H7ClOS. The number of hydrogen-bond acceptors (Lipinski definition) is 2. The Morgan fingerprint density at radius 1 is 1.60 bits per heavy atom. The number of halogens is 1. The molecule has 10 heavy (non-hydrogen) atoms.